The molecule has 0 aromatic rings. The van der Waals surface area contributed by atoms with Crippen molar-refractivity contribution in [3.05, 3.63) is 24.1 Å². The molecule has 1 aliphatic rings. The molecule has 1 N–H and O–H groups in total. The van der Waals surface area contributed by atoms with Gasteiger partial charge in [0.1, 0.15) is 0 Å². The van der Waals surface area contributed by atoms with Gasteiger partial charge in [-0.2, -0.15) is 0 Å². The highest BCUT2D eigenvalue weighted by Gasteiger charge is 1.92. The van der Waals surface area contributed by atoms with E-state index < -0.39 is 0 Å². The van der Waals surface area contributed by atoms with Gasteiger partial charge in [0.2, 0.25) is 0 Å². The summed E-state index contributed by atoms with van der Waals surface area (Å²) in [6.45, 7) is 0.819. The van der Waals surface area contributed by atoms with Crippen molar-refractivity contribution in [2.24, 2.45) is 0 Å². The monoisotopic (exact) mass is 110 g/mol. The Bertz CT molecular complexity index is 126. The van der Waals surface area contributed by atoms with E-state index in [1.165, 1.54) is 0 Å². The predicted octanol–water partition coefficient (Wildman–Crippen LogP) is 0.437. The van der Waals surface area contributed by atoms with Gasteiger partial charge in [0.05, 0.1) is 7.11 Å². The Morgan fingerprint density at radius 1 is 1.88 bits per heavy atom. The van der Waals surface area contributed by atoms with E-state index in [1.807, 2.05) is 6.08 Å². The van der Waals surface area contributed by atoms with Crippen LogP contribution in [0.25, 0.3) is 0 Å². The van der Waals surface area contributed by atoms with Gasteiger partial charge in [-0.25, -0.2) is 0 Å². The van der Waals surface area contributed by atoms with E-state index in [-0.39, 0.29) is 0 Å². The van der Waals surface area contributed by atoms with Crippen LogP contribution < -0.4 is 5.32 Å². The van der Waals surface area contributed by atoms with Gasteiger partial charge in [-0.1, -0.05) is 6.08 Å². The van der Waals surface area contributed by atoms with Gasteiger partial charge in [0.25, 0.3) is 0 Å². The lowest BCUT2D eigenvalue weighted by molar-refractivity contribution is 0.263. The highest BCUT2D eigenvalue weighted by molar-refractivity contribution is 5.06. The van der Waals surface area contributed by atoms with Crippen LogP contribution in [0.1, 0.15) is 0 Å². The van der Waals surface area contributed by atoms with E-state index in [2.05, 4.69) is 11.4 Å². The van der Waals surface area contributed by atoms with Crippen molar-refractivity contribution in [2.75, 3.05) is 13.7 Å². The molecule has 1 radical (unpaired) electrons. The fraction of sp³-hybridized carbons (Fsp3) is 0.333. The molecule has 43 valence electrons. The lowest BCUT2D eigenvalue weighted by Crippen LogP contribution is -2.16. The van der Waals surface area contributed by atoms with Crippen molar-refractivity contribution in [1.82, 2.24) is 5.32 Å². The molecule has 0 bridgehead atoms. The molecule has 0 atom stereocenters. The summed E-state index contributed by atoms with van der Waals surface area (Å²) < 4.78 is 4.86. The molecule has 1 heterocycles. The number of dihydropyridines is 1. The molecule has 0 saturated heterocycles. The Morgan fingerprint density at radius 2 is 2.75 bits per heavy atom. The third-order valence-corrected chi connectivity index (χ3v) is 0.931. The first-order valence-electron chi connectivity index (χ1n) is 2.49. The Hall–Kier alpha value is -0.920. The van der Waals surface area contributed by atoms with Gasteiger partial charge in [-0.15, -0.1) is 0 Å². The highest BCUT2D eigenvalue weighted by atomic mass is 16.5. The van der Waals surface area contributed by atoms with Gasteiger partial charge >= 0.3 is 0 Å². The third-order valence-electron chi connectivity index (χ3n) is 0.931. The smallest absolute Gasteiger partial charge is 0.187 e. The van der Waals surface area contributed by atoms with Gasteiger partial charge in [0.15, 0.2) is 5.88 Å². The van der Waals surface area contributed by atoms with E-state index in [9.17, 15) is 0 Å². The second-order valence-corrected chi connectivity index (χ2v) is 1.46. The number of nitrogens with one attached hydrogen (secondary N) is 1. The van der Waals surface area contributed by atoms with E-state index in [4.69, 9.17) is 4.74 Å². The first-order valence-corrected chi connectivity index (χ1v) is 2.49. The molecule has 8 heavy (non-hydrogen) atoms. The molecule has 0 aromatic heterocycles. The fourth-order valence-electron chi connectivity index (χ4n) is 0.527. The Labute approximate surface area is 48.8 Å². The van der Waals surface area contributed by atoms with Crippen LogP contribution in [0.15, 0.2) is 18.0 Å². The van der Waals surface area contributed by atoms with Crippen molar-refractivity contribution >= 4 is 0 Å². The normalized spacial score (nSPS) is 16.9. The standard InChI is InChI=1S/C6H8NO/c1-8-6-4-2-3-5-7-6/h3-4,7H,5H2,1H3. The van der Waals surface area contributed by atoms with Crippen molar-refractivity contribution in [3.63, 3.8) is 0 Å². The minimum Gasteiger partial charge on any atom is -0.482 e. The van der Waals surface area contributed by atoms with Crippen LogP contribution in [0, 0.1) is 6.08 Å². The molecule has 0 saturated carbocycles. The minimum absolute atomic E-state index is 0.785. The van der Waals surface area contributed by atoms with Crippen LogP contribution in [0.3, 0.4) is 0 Å². The van der Waals surface area contributed by atoms with Crippen molar-refractivity contribution in [3.8, 4) is 0 Å². The predicted molar refractivity (Wildman–Crippen MR) is 30.9 cm³/mol. The van der Waals surface area contributed by atoms with E-state index >= 15 is 0 Å². The van der Waals surface area contributed by atoms with Gasteiger partial charge in [0, 0.05) is 12.6 Å². The van der Waals surface area contributed by atoms with E-state index in [0.29, 0.717) is 0 Å². The number of hydrogen-bond acceptors (Lipinski definition) is 2. The molecule has 2 nitrogen and oxygen atoms in total. The second-order valence-electron chi connectivity index (χ2n) is 1.46. The van der Waals surface area contributed by atoms with Crippen LogP contribution in [0.2, 0.25) is 0 Å². The third kappa shape index (κ3) is 1.03. The molecule has 2 heteroatoms. The van der Waals surface area contributed by atoms with E-state index in [1.54, 1.807) is 13.2 Å². The van der Waals surface area contributed by atoms with Gasteiger partial charge in [-0.3, -0.25) is 0 Å². The quantitative estimate of drug-likeness (QED) is 0.528. The minimum atomic E-state index is 0.785. The maximum Gasteiger partial charge on any atom is 0.187 e. The summed E-state index contributed by atoms with van der Waals surface area (Å²) in [5.74, 6) is 0.785. The van der Waals surface area contributed by atoms with Crippen LogP contribution >= 0.6 is 0 Å². The molecule has 0 fully saturated rings. The number of allylic oxidation sites excluding steroid dienone is 2. The SMILES string of the molecule is COC1=C[C]=CCN1. The maximum absolute atomic E-state index is 4.86. The van der Waals surface area contributed by atoms with E-state index in [0.717, 1.165) is 12.4 Å². The zero-order valence-electron chi connectivity index (χ0n) is 4.77. The summed E-state index contributed by atoms with van der Waals surface area (Å²) in [6, 6.07) is 0. The van der Waals surface area contributed by atoms with Gasteiger partial charge in [-0.05, 0) is 6.08 Å². The largest absolute Gasteiger partial charge is 0.482 e. The molecule has 0 aromatic carbocycles. The Morgan fingerprint density at radius 3 is 3.12 bits per heavy atom. The summed E-state index contributed by atoms with van der Waals surface area (Å²) in [6.07, 6.45) is 6.58. The number of hydrogen-bond donors (Lipinski definition) is 1. The van der Waals surface area contributed by atoms with Crippen LogP contribution in [-0.4, -0.2) is 13.7 Å². The average Bonchev–Trinajstić information content (AvgIpc) is 1.90. The van der Waals surface area contributed by atoms with Crippen molar-refractivity contribution in [1.29, 1.82) is 0 Å². The Kier molecular flexibility index (Phi) is 1.57. The van der Waals surface area contributed by atoms with Crippen LogP contribution in [0.5, 0.6) is 0 Å². The van der Waals surface area contributed by atoms with Crippen LogP contribution in [-0.2, 0) is 4.74 Å². The summed E-state index contributed by atoms with van der Waals surface area (Å²) in [5, 5.41) is 2.99. The van der Waals surface area contributed by atoms with Crippen molar-refractivity contribution in [2.45, 2.75) is 0 Å². The number of rotatable bonds is 1. The zero-order valence-corrected chi connectivity index (χ0v) is 4.77. The van der Waals surface area contributed by atoms with Crippen molar-refractivity contribution < 1.29 is 4.74 Å². The second kappa shape index (κ2) is 2.40. The summed E-state index contributed by atoms with van der Waals surface area (Å²) in [5.41, 5.74) is 0. The maximum atomic E-state index is 4.86. The highest BCUT2D eigenvalue weighted by Crippen LogP contribution is 1.93. The molecular weight excluding hydrogens is 102 g/mol. The fourth-order valence-corrected chi connectivity index (χ4v) is 0.527. The lowest BCUT2D eigenvalue weighted by Gasteiger charge is -2.08. The molecule has 0 amide bonds. The number of methoxy groups -OCH3 is 1. The van der Waals surface area contributed by atoms with Crippen LogP contribution in [0.4, 0.5) is 0 Å². The Balaban J connectivity index is 2.50. The first-order chi connectivity index (χ1) is 3.93. The molecule has 1 rings (SSSR count). The molecule has 0 spiro atoms. The molecular formula is C6H8NO. The summed E-state index contributed by atoms with van der Waals surface area (Å²) in [4.78, 5) is 0. The number of ether oxygens (including phenoxy) is 1. The first kappa shape index (κ1) is 5.22. The zero-order chi connectivity index (χ0) is 5.82. The van der Waals surface area contributed by atoms with Gasteiger partial charge < -0.3 is 10.1 Å². The summed E-state index contributed by atoms with van der Waals surface area (Å²) >= 11 is 0. The lowest BCUT2D eigenvalue weighted by atomic mass is 10.4. The summed E-state index contributed by atoms with van der Waals surface area (Å²) in [7, 11) is 1.63. The molecule has 0 unspecified atom stereocenters. The molecule has 1 aliphatic heterocycles. The molecule has 0 aliphatic carbocycles. The topological polar surface area (TPSA) is 21.3 Å². The average molecular weight is 110 g/mol.